The molecule has 0 bridgehead atoms. The van der Waals surface area contributed by atoms with Crippen LogP contribution in [0.5, 0.6) is 11.5 Å². The minimum Gasteiger partial charge on any atom is -0.497 e. The van der Waals surface area contributed by atoms with Crippen molar-refractivity contribution in [3.63, 3.8) is 0 Å². The van der Waals surface area contributed by atoms with Gasteiger partial charge in [-0.2, -0.15) is 0 Å². The number of methoxy groups -OCH3 is 2. The lowest BCUT2D eigenvalue weighted by Gasteiger charge is -2.25. The minimum atomic E-state index is -0.146. The summed E-state index contributed by atoms with van der Waals surface area (Å²) in [7, 11) is 3.35. The molecule has 0 amide bonds. The summed E-state index contributed by atoms with van der Waals surface area (Å²) in [6.45, 7) is 7.14. The molecule has 4 aromatic carbocycles. The third-order valence-corrected chi connectivity index (χ3v) is 9.30. The molecule has 0 saturated carbocycles. The molecule has 6 aromatic rings. The van der Waals surface area contributed by atoms with Gasteiger partial charge in [-0.1, -0.05) is 60.7 Å². The van der Waals surface area contributed by atoms with E-state index in [1.54, 1.807) is 14.2 Å². The number of pyridine rings is 1. The first-order valence-corrected chi connectivity index (χ1v) is 16.3. The normalized spacial score (nSPS) is 13.4. The van der Waals surface area contributed by atoms with Crippen LogP contribution in [0.3, 0.4) is 0 Å². The Morgan fingerprint density at radius 3 is 2.02 bits per heavy atom. The molecule has 8 heteroatoms. The van der Waals surface area contributed by atoms with Crippen molar-refractivity contribution in [1.29, 1.82) is 0 Å². The number of likely N-dealkylation sites (tertiary alicyclic amines) is 1. The Morgan fingerprint density at radius 1 is 0.787 bits per heavy atom. The molecule has 1 aliphatic rings. The fourth-order valence-corrected chi connectivity index (χ4v) is 6.74. The lowest BCUT2D eigenvalue weighted by molar-refractivity contribution is 0.330. The first kappa shape index (κ1) is 30.6. The third kappa shape index (κ3) is 6.46. The fourth-order valence-electron chi connectivity index (χ4n) is 6.74. The van der Waals surface area contributed by atoms with E-state index in [1.807, 2.05) is 47.0 Å². The summed E-state index contributed by atoms with van der Waals surface area (Å²) in [5.74, 6) is 2.35. The third-order valence-electron chi connectivity index (χ3n) is 9.30. The zero-order valence-corrected chi connectivity index (χ0v) is 27.3. The quantitative estimate of drug-likeness (QED) is 0.166. The molecule has 3 heterocycles. The number of aromatic amines is 1. The molecule has 1 saturated heterocycles. The Balaban J connectivity index is 1.31. The van der Waals surface area contributed by atoms with Crippen LogP contribution in [-0.2, 0) is 26.2 Å². The minimum absolute atomic E-state index is 0.146. The zero-order valence-electron chi connectivity index (χ0n) is 27.3. The lowest BCUT2D eigenvalue weighted by atomic mass is 10.0. The van der Waals surface area contributed by atoms with Gasteiger partial charge in [0, 0.05) is 25.0 Å². The number of para-hydroxylation sites is 1. The van der Waals surface area contributed by atoms with E-state index in [4.69, 9.17) is 14.5 Å². The van der Waals surface area contributed by atoms with E-state index in [-0.39, 0.29) is 5.69 Å². The fraction of sp³-hybridized carbons (Fsp3) is 0.282. The summed E-state index contributed by atoms with van der Waals surface area (Å²) in [6, 6.07) is 30.9. The topological polar surface area (TPSA) is 75.6 Å². The highest BCUT2D eigenvalue weighted by molar-refractivity contribution is 6.07. The predicted molar refractivity (Wildman–Crippen MR) is 189 cm³/mol. The van der Waals surface area contributed by atoms with Gasteiger partial charge in [-0.3, -0.25) is 9.47 Å². The number of nitrogens with zero attached hydrogens (tertiary/aromatic N) is 4. The maximum atomic E-state index is 13.8. The number of hydrogen-bond acceptors (Lipinski definition) is 6. The van der Waals surface area contributed by atoms with Gasteiger partial charge in [0.25, 0.3) is 0 Å². The van der Waals surface area contributed by atoms with Crippen LogP contribution in [0.25, 0.3) is 21.9 Å². The van der Waals surface area contributed by atoms with Crippen molar-refractivity contribution < 1.29 is 9.47 Å². The number of nitrogens with one attached hydrogen (secondary N) is 1. The molecule has 240 valence electrons. The number of H-pyrrole nitrogens is 1. The smallest absolute Gasteiger partial charge is 0.326 e. The molecule has 0 aliphatic carbocycles. The molecule has 1 fully saturated rings. The largest absolute Gasteiger partial charge is 0.497 e. The van der Waals surface area contributed by atoms with Gasteiger partial charge in [-0.05, 0) is 91.0 Å². The maximum absolute atomic E-state index is 13.8. The molecule has 0 atom stereocenters. The average molecular weight is 628 g/mol. The van der Waals surface area contributed by atoms with E-state index < -0.39 is 0 Å². The summed E-state index contributed by atoms with van der Waals surface area (Å²) in [5.41, 5.74) is 8.23. The Morgan fingerprint density at radius 2 is 1.40 bits per heavy atom. The summed E-state index contributed by atoms with van der Waals surface area (Å²) in [5, 5.41) is 0.945. The van der Waals surface area contributed by atoms with Crippen LogP contribution in [0.15, 0.2) is 95.8 Å². The Labute approximate surface area is 275 Å². The van der Waals surface area contributed by atoms with Crippen molar-refractivity contribution in [2.75, 3.05) is 32.2 Å². The van der Waals surface area contributed by atoms with Crippen molar-refractivity contribution in [3.05, 3.63) is 129 Å². The van der Waals surface area contributed by atoms with Crippen molar-refractivity contribution in [2.24, 2.45) is 0 Å². The van der Waals surface area contributed by atoms with Gasteiger partial charge in [0.2, 0.25) is 0 Å². The van der Waals surface area contributed by atoms with Gasteiger partial charge in [0.1, 0.15) is 17.0 Å². The number of aryl methyl sites for hydroxylation is 1. The van der Waals surface area contributed by atoms with Gasteiger partial charge < -0.3 is 19.4 Å². The number of hydrogen-bond donors (Lipinski definition) is 1. The second-order valence-electron chi connectivity index (χ2n) is 12.5. The van der Waals surface area contributed by atoms with E-state index in [0.717, 1.165) is 62.5 Å². The van der Waals surface area contributed by atoms with Crippen LogP contribution < -0.4 is 20.1 Å². The molecule has 8 nitrogen and oxygen atoms in total. The molecule has 0 spiro atoms. The second kappa shape index (κ2) is 13.3. The Kier molecular flexibility index (Phi) is 8.68. The lowest BCUT2D eigenvalue weighted by Crippen LogP contribution is -2.23. The van der Waals surface area contributed by atoms with Gasteiger partial charge in [-0.15, -0.1) is 0 Å². The number of fused-ring (bicyclic) bond motifs is 3. The molecular formula is C39H41N5O3. The Hall–Kier alpha value is -5.08. The first-order chi connectivity index (χ1) is 23.0. The van der Waals surface area contributed by atoms with E-state index in [2.05, 4.69) is 70.2 Å². The standard InChI is InChI=1S/C39H41N5O3/c1-27-22-30(10-15-31(27)26-42-20-6-7-21-42)25-44-37-34-8-4-5-9-35(34)40-38(36(37)41-39(44)45)43(23-28-11-16-32(46-2)17-12-28)24-29-13-18-33(47-3)19-14-29/h4-5,8-19,22H,6-7,20-21,23-26H2,1-3H3,(H,41,45). The summed E-state index contributed by atoms with van der Waals surface area (Å²) >= 11 is 0. The predicted octanol–water partition coefficient (Wildman–Crippen LogP) is 7.05. The summed E-state index contributed by atoms with van der Waals surface area (Å²) in [4.78, 5) is 27.0. The summed E-state index contributed by atoms with van der Waals surface area (Å²) < 4.78 is 12.7. The van der Waals surface area contributed by atoms with Crippen LogP contribution >= 0.6 is 0 Å². The highest BCUT2D eigenvalue weighted by Crippen LogP contribution is 2.32. The van der Waals surface area contributed by atoms with Gasteiger partial charge in [0.15, 0.2) is 5.82 Å². The maximum Gasteiger partial charge on any atom is 0.326 e. The highest BCUT2D eigenvalue weighted by Gasteiger charge is 2.22. The number of anilines is 1. The number of rotatable bonds is 11. The van der Waals surface area contributed by atoms with Crippen LogP contribution in [0.1, 0.15) is 40.7 Å². The van der Waals surface area contributed by atoms with E-state index in [0.29, 0.717) is 19.6 Å². The molecule has 7 rings (SSSR count). The number of aromatic nitrogens is 3. The monoisotopic (exact) mass is 627 g/mol. The molecule has 0 radical (unpaired) electrons. The van der Waals surface area contributed by atoms with E-state index in [1.165, 1.54) is 37.1 Å². The van der Waals surface area contributed by atoms with Crippen molar-refractivity contribution in [1.82, 2.24) is 19.4 Å². The van der Waals surface area contributed by atoms with Crippen molar-refractivity contribution >= 4 is 27.8 Å². The highest BCUT2D eigenvalue weighted by atomic mass is 16.5. The van der Waals surface area contributed by atoms with Gasteiger partial charge in [-0.25, -0.2) is 9.78 Å². The molecule has 47 heavy (non-hydrogen) atoms. The molecule has 0 unspecified atom stereocenters. The number of ether oxygens (including phenoxy) is 2. The van der Waals surface area contributed by atoms with E-state index >= 15 is 0 Å². The van der Waals surface area contributed by atoms with Gasteiger partial charge in [0.05, 0.1) is 31.8 Å². The van der Waals surface area contributed by atoms with Crippen LogP contribution in [0.4, 0.5) is 5.82 Å². The number of imidazole rings is 1. The molecule has 1 N–H and O–H groups in total. The van der Waals surface area contributed by atoms with Gasteiger partial charge >= 0.3 is 5.69 Å². The van der Waals surface area contributed by atoms with Crippen molar-refractivity contribution in [2.45, 2.75) is 45.9 Å². The first-order valence-electron chi connectivity index (χ1n) is 16.3. The zero-order chi connectivity index (χ0) is 32.3. The van der Waals surface area contributed by atoms with E-state index in [9.17, 15) is 4.79 Å². The molecular weight excluding hydrogens is 586 g/mol. The molecule has 1 aliphatic heterocycles. The van der Waals surface area contributed by atoms with Crippen LogP contribution in [-0.4, -0.2) is 46.7 Å². The Bertz CT molecular complexity index is 2010. The summed E-state index contributed by atoms with van der Waals surface area (Å²) in [6.07, 6.45) is 2.56. The van der Waals surface area contributed by atoms with Crippen LogP contribution in [0, 0.1) is 6.92 Å². The second-order valence-corrected chi connectivity index (χ2v) is 12.5. The van der Waals surface area contributed by atoms with Crippen LogP contribution in [0.2, 0.25) is 0 Å². The SMILES string of the molecule is COc1ccc(CN(Cc2ccc(OC)cc2)c2nc3ccccc3c3c2[nH]c(=O)n3Cc2ccc(CN3CCCC3)c(C)c2)cc1. The average Bonchev–Trinajstić information content (AvgIpc) is 3.73. The number of benzene rings is 4. The molecule has 2 aromatic heterocycles. The van der Waals surface area contributed by atoms with Crippen molar-refractivity contribution in [3.8, 4) is 11.5 Å².